The van der Waals surface area contributed by atoms with E-state index in [1.54, 1.807) is 0 Å². The third-order valence-corrected chi connectivity index (χ3v) is 7.82. The lowest BCUT2D eigenvalue weighted by Crippen LogP contribution is -2.33. The second kappa shape index (κ2) is 9.49. The lowest BCUT2D eigenvalue weighted by Gasteiger charge is -2.37. The first-order valence-electron chi connectivity index (χ1n) is 13.6. The third-order valence-electron chi connectivity index (χ3n) is 7.82. The molecule has 0 fully saturated rings. The van der Waals surface area contributed by atoms with Crippen LogP contribution in [-0.4, -0.2) is 19.6 Å². The van der Waals surface area contributed by atoms with Crippen molar-refractivity contribution in [3.63, 3.8) is 0 Å². The third kappa shape index (κ3) is 4.22. The smallest absolute Gasteiger partial charge is 0.340 e. The summed E-state index contributed by atoms with van der Waals surface area (Å²) < 4.78 is 13.0. The molecule has 2 aliphatic heterocycles. The fourth-order valence-corrected chi connectivity index (χ4v) is 5.64. The van der Waals surface area contributed by atoms with Gasteiger partial charge >= 0.3 is 5.97 Å². The van der Waals surface area contributed by atoms with E-state index < -0.39 is 5.60 Å². The molecule has 2 aliphatic rings. The number of carbonyl (C=O) groups excluding carboxylic acids is 1. The molecular weight excluding hydrogens is 484 g/mol. The number of ether oxygens (including phenoxy) is 2. The zero-order chi connectivity index (χ0) is 27.3. The Morgan fingerprint density at radius 1 is 0.872 bits per heavy atom. The van der Waals surface area contributed by atoms with Crippen molar-refractivity contribution in [1.29, 1.82) is 0 Å². The number of benzene rings is 4. The largest absolute Gasteiger partial charge is 0.456 e. The predicted octanol–water partition coefficient (Wildman–Crippen LogP) is 8.10. The highest BCUT2D eigenvalue weighted by Crippen LogP contribution is 2.57. The van der Waals surface area contributed by atoms with Crippen LogP contribution in [0.5, 0.6) is 11.5 Å². The van der Waals surface area contributed by atoms with Gasteiger partial charge in [-0.05, 0) is 79.8 Å². The van der Waals surface area contributed by atoms with Crippen molar-refractivity contribution in [1.82, 2.24) is 0 Å². The molecule has 0 amide bonds. The van der Waals surface area contributed by atoms with Gasteiger partial charge in [0.1, 0.15) is 11.5 Å². The first kappa shape index (κ1) is 25.1. The standard InChI is InChI=1S/C34H34N2O3/c1-21(2)15-16-36(5)25-13-14-28-32(19-25)38-31-18-23(4)30(35-24-10-8-9-22(3)17-24)20-29(31)34(28)27-12-7-6-11-26(27)33(37)39-34/h6-14,17-21,35H,15-16H2,1-5H3. The van der Waals surface area contributed by atoms with Gasteiger partial charge in [0.15, 0.2) is 5.60 Å². The minimum absolute atomic E-state index is 0.323. The molecule has 198 valence electrons. The first-order valence-corrected chi connectivity index (χ1v) is 13.6. The fraction of sp³-hybridized carbons (Fsp3) is 0.265. The monoisotopic (exact) mass is 518 g/mol. The molecular formula is C34H34N2O3. The number of carbonyl (C=O) groups is 1. The summed E-state index contributed by atoms with van der Waals surface area (Å²) in [6.45, 7) is 9.56. The van der Waals surface area contributed by atoms with Crippen LogP contribution in [0.4, 0.5) is 17.1 Å². The molecule has 1 N–H and O–H groups in total. The second-order valence-corrected chi connectivity index (χ2v) is 11.2. The highest BCUT2D eigenvalue weighted by molar-refractivity contribution is 5.97. The highest BCUT2D eigenvalue weighted by Gasteiger charge is 2.53. The molecule has 6 rings (SSSR count). The van der Waals surface area contributed by atoms with Crippen molar-refractivity contribution >= 4 is 23.0 Å². The Morgan fingerprint density at radius 2 is 1.67 bits per heavy atom. The molecule has 0 saturated heterocycles. The Kier molecular flexibility index (Phi) is 6.10. The first-order chi connectivity index (χ1) is 18.8. The SMILES string of the molecule is Cc1cccc(Nc2cc3c(cc2C)Oc2cc(N(C)CCC(C)C)ccc2C32OC(=O)c3ccccc32)c1. The number of anilines is 3. The van der Waals surface area contributed by atoms with Crippen molar-refractivity contribution < 1.29 is 14.3 Å². The summed E-state index contributed by atoms with van der Waals surface area (Å²) in [4.78, 5) is 15.5. The van der Waals surface area contributed by atoms with Crippen LogP contribution in [-0.2, 0) is 10.3 Å². The molecule has 0 bridgehead atoms. The Labute approximate surface area is 230 Å². The van der Waals surface area contributed by atoms with Gasteiger partial charge in [-0.25, -0.2) is 4.79 Å². The van der Waals surface area contributed by atoms with Crippen molar-refractivity contribution in [3.05, 3.63) is 112 Å². The van der Waals surface area contributed by atoms with E-state index in [2.05, 4.69) is 87.4 Å². The molecule has 0 radical (unpaired) electrons. The Hall–Kier alpha value is -4.25. The molecule has 5 nitrogen and oxygen atoms in total. The van der Waals surface area contributed by atoms with Crippen molar-refractivity contribution in [2.24, 2.45) is 5.92 Å². The van der Waals surface area contributed by atoms with Crippen LogP contribution in [0.25, 0.3) is 0 Å². The summed E-state index contributed by atoms with van der Waals surface area (Å²) >= 11 is 0. The number of fused-ring (bicyclic) bond motifs is 6. The minimum atomic E-state index is -1.09. The molecule has 1 atom stereocenters. The van der Waals surface area contributed by atoms with Gasteiger partial charge in [-0.15, -0.1) is 0 Å². The molecule has 0 aliphatic carbocycles. The second-order valence-electron chi connectivity index (χ2n) is 11.2. The lowest BCUT2D eigenvalue weighted by atomic mass is 9.77. The maximum absolute atomic E-state index is 13.3. The van der Waals surface area contributed by atoms with Crippen molar-refractivity contribution in [2.75, 3.05) is 23.8 Å². The summed E-state index contributed by atoms with van der Waals surface area (Å²) in [6, 6.07) is 26.3. The maximum Gasteiger partial charge on any atom is 0.340 e. The van der Waals surface area contributed by atoms with Crippen LogP contribution in [0.2, 0.25) is 0 Å². The lowest BCUT2D eigenvalue weighted by molar-refractivity contribution is 0.0224. The number of nitrogens with one attached hydrogen (secondary N) is 1. The quantitative estimate of drug-likeness (QED) is 0.261. The van der Waals surface area contributed by atoms with Crippen LogP contribution in [0.3, 0.4) is 0 Å². The number of hydrogen-bond acceptors (Lipinski definition) is 5. The zero-order valence-corrected chi connectivity index (χ0v) is 23.2. The highest BCUT2D eigenvalue weighted by atomic mass is 16.6. The molecule has 5 heteroatoms. The van der Waals surface area contributed by atoms with Gasteiger partial charge in [0.05, 0.1) is 5.56 Å². The average Bonchev–Trinajstić information content (AvgIpc) is 3.21. The molecule has 1 unspecified atom stereocenters. The summed E-state index contributed by atoms with van der Waals surface area (Å²) in [7, 11) is 2.11. The predicted molar refractivity (Wildman–Crippen MR) is 157 cm³/mol. The van der Waals surface area contributed by atoms with E-state index in [-0.39, 0.29) is 5.97 Å². The summed E-state index contributed by atoms with van der Waals surface area (Å²) in [5.74, 6) is 1.70. The van der Waals surface area contributed by atoms with Gasteiger partial charge in [0.2, 0.25) is 0 Å². The topological polar surface area (TPSA) is 50.8 Å². The van der Waals surface area contributed by atoms with Gasteiger partial charge in [0, 0.05) is 53.4 Å². The minimum Gasteiger partial charge on any atom is -0.456 e. The van der Waals surface area contributed by atoms with Gasteiger partial charge in [-0.3, -0.25) is 0 Å². The van der Waals surface area contributed by atoms with Crippen molar-refractivity contribution in [3.8, 4) is 11.5 Å². The van der Waals surface area contributed by atoms with E-state index in [0.717, 1.165) is 52.3 Å². The van der Waals surface area contributed by atoms with Crippen molar-refractivity contribution in [2.45, 2.75) is 39.7 Å². The number of aryl methyl sites for hydroxylation is 2. The van der Waals surface area contributed by atoms with Crippen LogP contribution in [0, 0.1) is 19.8 Å². The Bertz CT molecular complexity index is 1590. The van der Waals surface area contributed by atoms with E-state index >= 15 is 0 Å². The summed E-state index contributed by atoms with van der Waals surface area (Å²) in [5.41, 5.74) is 7.21. The van der Waals surface area contributed by atoms with Crippen LogP contribution in [0.15, 0.2) is 78.9 Å². The Morgan fingerprint density at radius 3 is 2.46 bits per heavy atom. The molecule has 1 spiro atoms. The number of hydrogen-bond donors (Lipinski definition) is 1. The molecule has 2 heterocycles. The van der Waals surface area contributed by atoms with Crippen LogP contribution in [0.1, 0.15) is 58.4 Å². The molecule has 0 saturated carbocycles. The maximum atomic E-state index is 13.3. The van der Waals surface area contributed by atoms with E-state index in [4.69, 9.17) is 9.47 Å². The zero-order valence-electron chi connectivity index (χ0n) is 23.2. The molecule has 39 heavy (non-hydrogen) atoms. The summed E-state index contributed by atoms with van der Waals surface area (Å²) in [5, 5.41) is 3.57. The van der Waals surface area contributed by atoms with E-state index in [9.17, 15) is 4.79 Å². The van der Waals surface area contributed by atoms with Crippen LogP contribution >= 0.6 is 0 Å². The Balaban J connectivity index is 1.51. The number of nitrogens with zero attached hydrogens (tertiary/aromatic N) is 1. The van der Waals surface area contributed by atoms with Gasteiger partial charge in [0.25, 0.3) is 0 Å². The molecule has 4 aromatic rings. The van der Waals surface area contributed by atoms with Gasteiger partial charge < -0.3 is 19.7 Å². The van der Waals surface area contributed by atoms with Gasteiger partial charge in [-0.1, -0.05) is 44.2 Å². The normalized spacial score (nSPS) is 16.8. The van der Waals surface area contributed by atoms with E-state index in [1.807, 2.05) is 36.4 Å². The summed E-state index contributed by atoms with van der Waals surface area (Å²) in [6.07, 6.45) is 1.10. The number of esters is 1. The molecule has 4 aromatic carbocycles. The van der Waals surface area contributed by atoms with Gasteiger partial charge in [-0.2, -0.15) is 0 Å². The van der Waals surface area contributed by atoms with Crippen LogP contribution < -0.4 is 15.0 Å². The van der Waals surface area contributed by atoms with E-state index in [0.29, 0.717) is 23.0 Å². The molecule has 0 aromatic heterocycles. The average molecular weight is 519 g/mol. The number of rotatable bonds is 6. The fourth-order valence-electron chi connectivity index (χ4n) is 5.64. The van der Waals surface area contributed by atoms with E-state index in [1.165, 1.54) is 5.56 Å².